The first-order valence-electron chi connectivity index (χ1n) is 8.48. The van der Waals surface area contributed by atoms with Crippen molar-refractivity contribution in [1.29, 1.82) is 0 Å². The largest absolute Gasteiger partial charge is 0.496 e. The lowest BCUT2D eigenvalue weighted by Gasteiger charge is -2.28. The molecule has 0 fully saturated rings. The number of hydrogen-bond acceptors (Lipinski definition) is 3. The zero-order valence-corrected chi connectivity index (χ0v) is 14.4. The third-order valence-corrected chi connectivity index (χ3v) is 4.47. The van der Waals surface area contributed by atoms with Crippen LogP contribution in [0.5, 0.6) is 11.5 Å². The molecule has 0 saturated heterocycles. The molecule has 26 heavy (non-hydrogen) atoms. The number of rotatable bonds is 3. The number of ketones is 1. The van der Waals surface area contributed by atoms with Gasteiger partial charge in [0, 0.05) is 11.1 Å². The van der Waals surface area contributed by atoms with E-state index in [1.165, 1.54) is 0 Å². The molecule has 0 aliphatic carbocycles. The molecule has 1 heterocycles. The molecular formula is C23H18O3. The number of hydrogen-bond donors (Lipinski definition) is 0. The summed E-state index contributed by atoms with van der Waals surface area (Å²) in [6.45, 7) is 0. The zero-order chi connectivity index (χ0) is 17.9. The molecule has 0 spiro atoms. The number of ether oxygens (including phenoxy) is 2. The van der Waals surface area contributed by atoms with Crippen LogP contribution < -0.4 is 9.47 Å². The van der Waals surface area contributed by atoms with Crippen LogP contribution in [0.2, 0.25) is 0 Å². The quantitative estimate of drug-likeness (QED) is 0.622. The maximum absolute atomic E-state index is 13.2. The van der Waals surface area contributed by atoms with Crippen molar-refractivity contribution in [2.24, 2.45) is 0 Å². The molecule has 128 valence electrons. The molecule has 0 bridgehead atoms. The molecule has 0 amide bonds. The molecule has 0 aromatic heterocycles. The highest BCUT2D eigenvalue weighted by molar-refractivity contribution is 6.14. The molecule has 3 aromatic rings. The van der Waals surface area contributed by atoms with E-state index in [0.717, 1.165) is 16.9 Å². The average Bonchev–Trinajstić information content (AvgIpc) is 2.71. The lowest BCUT2D eigenvalue weighted by Crippen LogP contribution is -2.23. The van der Waals surface area contributed by atoms with Crippen molar-refractivity contribution in [3.05, 3.63) is 101 Å². The molecule has 1 atom stereocenters. The third-order valence-electron chi connectivity index (χ3n) is 4.47. The molecule has 4 rings (SSSR count). The molecule has 0 saturated carbocycles. The van der Waals surface area contributed by atoms with Crippen molar-refractivity contribution in [1.82, 2.24) is 0 Å². The Morgan fingerprint density at radius 3 is 2.38 bits per heavy atom. The highest BCUT2D eigenvalue weighted by Crippen LogP contribution is 2.39. The Balaban J connectivity index is 1.88. The van der Waals surface area contributed by atoms with Crippen LogP contribution in [0.4, 0.5) is 0 Å². The number of fused-ring (bicyclic) bond motifs is 1. The maximum atomic E-state index is 13.2. The summed E-state index contributed by atoms with van der Waals surface area (Å²) in [6.07, 6.45) is 1.41. The molecule has 1 unspecified atom stereocenters. The van der Waals surface area contributed by atoms with E-state index in [9.17, 15) is 4.79 Å². The fourth-order valence-electron chi connectivity index (χ4n) is 3.19. The average molecular weight is 342 g/mol. The van der Waals surface area contributed by atoms with Crippen molar-refractivity contribution in [3.63, 3.8) is 0 Å². The van der Waals surface area contributed by atoms with E-state index < -0.39 is 6.10 Å². The van der Waals surface area contributed by atoms with E-state index in [1.54, 1.807) is 13.2 Å². The van der Waals surface area contributed by atoms with E-state index in [0.29, 0.717) is 16.9 Å². The second kappa shape index (κ2) is 6.89. The van der Waals surface area contributed by atoms with Gasteiger partial charge in [-0.1, -0.05) is 60.7 Å². The first-order chi connectivity index (χ1) is 12.8. The Kier molecular flexibility index (Phi) is 4.28. The first kappa shape index (κ1) is 16.2. The van der Waals surface area contributed by atoms with Crippen LogP contribution in [0.15, 0.2) is 84.4 Å². The van der Waals surface area contributed by atoms with Gasteiger partial charge in [-0.25, -0.2) is 0 Å². The predicted molar refractivity (Wildman–Crippen MR) is 102 cm³/mol. The van der Waals surface area contributed by atoms with Gasteiger partial charge in [-0.15, -0.1) is 0 Å². The van der Waals surface area contributed by atoms with Crippen molar-refractivity contribution < 1.29 is 14.3 Å². The fraction of sp³-hybridized carbons (Fsp3) is 0.0870. The van der Waals surface area contributed by atoms with Gasteiger partial charge in [0.25, 0.3) is 0 Å². The second-order valence-electron chi connectivity index (χ2n) is 6.08. The summed E-state index contributed by atoms with van der Waals surface area (Å²) in [6, 6.07) is 24.8. The van der Waals surface area contributed by atoms with Gasteiger partial charge in [0.1, 0.15) is 11.5 Å². The minimum Gasteiger partial charge on any atom is -0.496 e. The van der Waals surface area contributed by atoms with Gasteiger partial charge in [-0.3, -0.25) is 4.79 Å². The Morgan fingerprint density at radius 2 is 1.58 bits per heavy atom. The van der Waals surface area contributed by atoms with Crippen molar-refractivity contribution in [2.75, 3.05) is 7.11 Å². The van der Waals surface area contributed by atoms with E-state index >= 15 is 0 Å². The summed E-state index contributed by atoms with van der Waals surface area (Å²) in [5.41, 5.74) is 2.97. The SMILES string of the molecule is COc1ccccc1/C=C1\C(=O)c2ccccc2OC1c1ccccc1. The normalized spacial score (nSPS) is 17.5. The Hall–Kier alpha value is -3.33. The van der Waals surface area contributed by atoms with E-state index in [-0.39, 0.29) is 5.78 Å². The number of carbonyl (C=O) groups excluding carboxylic acids is 1. The molecular weight excluding hydrogens is 324 g/mol. The van der Waals surface area contributed by atoms with Crippen LogP contribution >= 0.6 is 0 Å². The Morgan fingerprint density at radius 1 is 0.885 bits per heavy atom. The summed E-state index contributed by atoms with van der Waals surface area (Å²) in [5, 5.41) is 0. The monoisotopic (exact) mass is 342 g/mol. The van der Waals surface area contributed by atoms with Crippen molar-refractivity contribution in [3.8, 4) is 11.5 Å². The van der Waals surface area contributed by atoms with Crippen LogP contribution in [0.1, 0.15) is 27.6 Å². The summed E-state index contributed by atoms with van der Waals surface area (Å²) in [4.78, 5) is 13.2. The van der Waals surface area contributed by atoms with Crippen LogP contribution in [0.3, 0.4) is 0 Å². The van der Waals surface area contributed by atoms with Crippen LogP contribution in [-0.2, 0) is 0 Å². The van der Waals surface area contributed by atoms with Gasteiger partial charge in [0.15, 0.2) is 11.9 Å². The summed E-state index contributed by atoms with van der Waals surface area (Å²) in [5.74, 6) is 1.31. The maximum Gasteiger partial charge on any atom is 0.196 e. The van der Waals surface area contributed by atoms with E-state index in [4.69, 9.17) is 9.47 Å². The molecule has 3 heteroatoms. The summed E-state index contributed by atoms with van der Waals surface area (Å²) in [7, 11) is 1.63. The lowest BCUT2D eigenvalue weighted by molar-refractivity contribution is 0.0963. The molecule has 1 aliphatic heterocycles. The number of Topliss-reactive ketones (excluding diaryl/α,β-unsaturated/α-hetero) is 1. The lowest BCUT2D eigenvalue weighted by atomic mass is 9.89. The predicted octanol–water partition coefficient (Wildman–Crippen LogP) is 5.10. The Labute approximate surface area is 152 Å². The molecule has 1 aliphatic rings. The highest BCUT2D eigenvalue weighted by Gasteiger charge is 2.32. The molecule has 0 radical (unpaired) electrons. The fourth-order valence-corrected chi connectivity index (χ4v) is 3.19. The summed E-state index contributed by atoms with van der Waals surface area (Å²) < 4.78 is 11.7. The summed E-state index contributed by atoms with van der Waals surface area (Å²) >= 11 is 0. The topological polar surface area (TPSA) is 35.5 Å². The molecule has 3 nitrogen and oxygen atoms in total. The second-order valence-corrected chi connectivity index (χ2v) is 6.08. The Bertz CT molecular complexity index is 974. The van der Waals surface area contributed by atoms with Gasteiger partial charge in [0.05, 0.1) is 12.7 Å². The third kappa shape index (κ3) is 2.88. The van der Waals surface area contributed by atoms with Crippen LogP contribution in [0.25, 0.3) is 6.08 Å². The van der Waals surface area contributed by atoms with Crippen LogP contribution in [-0.4, -0.2) is 12.9 Å². The number of carbonyl (C=O) groups is 1. The molecule has 3 aromatic carbocycles. The minimum absolute atomic E-state index is 0.0217. The zero-order valence-electron chi connectivity index (χ0n) is 14.4. The van der Waals surface area contributed by atoms with E-state index in [1.807, 2.05) is 78.9 Å². The first-order valence-corrected chi connectivity index (χ1v) is 8.48. The van der Waals surface area contributed by atoms with Crippen molar-refractivity contribution in [2.45, 2.75) is 6.10 Å². The van der Waals surface area contributed by atoms with Gasteiger partial charge >= 0.3 is 0 Å². The minimum atomic E-state index is -0.455. The van der Waals surface area contributed by atoms with Gasteiger partial charge < -0.3 is 9.47 Å². The highest BCUT2D eigenvalue weighted by atomic mass is 16.5. The molecule has 0 N–H and O–H groups in total. The number of para-hydroxylation sites is 2. The number of benzene rings is 3. The van der Waals surface area contributed by atoms with Gasteiger partial charge in [-0.2, -0.15) is 0 Å². The standard InChI is InChI=1S/C23H18O3/c1-25-20-13-7-5-11-17(20)15-19-22(24)18-12-6-8-14-21(18)26-23(19)16-9-3-2-4-10-16/h2-15,23H,1H3/b19-15+. The van der Waals surface area contributed by atoms with Crippen LogP contribution in [0, 0.1) is 0 Å². The van der Waals surface area contributed by atoms with E-state index in [2.05, 4.69) is 0 Å². The van der Waals surface area contributed by atoms with Gasteiger partial charge in [0.2, 0.25) is 0 Å². The number of methoxy groups -OCH3 is 1. The van der Waals surface area contributed by atoms with Crippen molar-refractivity contribution >= 4 is 11.9 Å². The van der Waals surface area contributed by atoms with Gasteiger partial charge in [-0.05, 0) is 29.8 Å². The smallest absolute Gasteiger partial charge is 0.196 e.